The lowest BCUT2D eigenvalue weighted by molar-refractivity contribution is -0.130. The lowest BCUT2D eigenvalue weighted by Gasteiger charge is -2.09. The molecule has 2 aromatic carbocycles. The Morgan fingerprint density at radius 3 is 1.76 bits per heavy atom. The maximum Gasteiger partial charge on any atom is 0.276 e. The van der Waals surface area contributed by atoms with Gasteiger partial charge in [0.15, 0.2) is 6.61 Å². The molecule has 2 N–H and O–H groups in total. The molecule has 0 aromatic heterocycles. The molecular formula is C28H40N2O3. The van der Waals surface area contributed by atoms with E-state index in [4.69, 9.17) is 4.74 Å². The molecule has 0 saturated heterocycles. The molecule has 0 aliphatic carbocycles. The van der Waals surface area contributed by atoms with Crippen LogP contribution >= 0.6 is 0 Å². The zero-order valence-electron chi connectivity index (χ0n) is 20.1. The first-order valence-corrected chi connectivity index (χ1v) is 12.5. The van der Waals surface area contributed by atoms with E-state index < -0.39 is 0 Å². The number of carbonyl (C=O) groups excluding carboxylic acids is 2. The van der Waals surface area contributed by atoms with Crippen molar-refractivity contribution >= 4 is 11.8 Å². The van der Waals surface area contributed by atoms with Gasteiger partial charge in [0.2, 0.25) is 5.91 Å². The van der Waals surface area contributed by atoms with Crippen LogP contribution in [0.4, 0.5) is 0 Å². The average Bonchev–Trinajstić information content (AvgIpc) is 2.85. The van der Waals surface area contributed by atoms with E-state index in [0.29, 0.717) is 12.2 Å². The number of hydrazine groups is 1. The molecule has 0 radical (unpaired) electrons. The van der Waals surface area contributed by atoms with Crippen LogP contribution in [0.1, 0.15) is 84.0 Å². The van der Waals surface area contributed by atoms with Gasteiger partial charge in [-0.15, -0.1) is 0 Å². The number of benzene rings is 2. The molecule has 5 heteroatoms. The van der Waals surface area contributed by atoms with Crippen LogP contribution in [-0.2, 0) is 9.59 Å². The fraction of sp³-hybridized carbons (Fsp3) is 0.500. The number of carbonyl (C=O) groups is 2. The number of amides is 2. The molecule has 2 amide bonds. The van der Waals surface area contributed by atoms with Gasteiger partial charge < -0.3 is 4.74 Å². The van der Waals surface area contributed by atoms with Crippen LogP contribution in [0, 0.1) is 0 Å². The highest BCUT2D eigenvalue weighted by molar-refractivity contribution is 5.82. The normalized spacial score (nSPS) is 10.6. The van der Waals surface area contributed by atoms with E-state index in [1.807, 2.05) is 54.6 Å². The fourth-order valence-electron chi connectivity index (χ4n) is 3.71. The van der Waals surface area contributed by atoms with E-state index in [0.717, 1.165) is 24.0 Å². The largest absolute Gasteiger partial charge is 0.484 e. The zero-order chi connectivity index (χ0) is 23.6. The highest BCUT2D eigenvalue weighted by Crippen LogP contribution is 2.22. The Morgan fingerprint density at radius 1 is 0.636 bits per heavy atom. The Labute approximate surface area is 199 Å². The molecule has 2 aromatic rings. The van der Waals surface area contributed by atoms with E-state index in [1.165, 1.54) is 57.8 Å². The minimum atomic E-state index is -0.380. The van der Waals surface area contributed by atoms with E-state index >= 15 is 0 Å². The minimum absolute atomic E-state index is 0.149. The van der Waals surface area contributed by atoms with Crippen molar-refractivity contribution in [2.75, 3.05) is 6.61 Å². The van der Waals surface area contributed by atoms with Gasteiger partial charge in [-0.05, 0) is 29.7 Å². The van der Waals surface area contributed by atoms with Gasteiger partial charge in [-0.2, -0.15) is 0 Å². The Hall–Kier alpha value is -2.82. The molecule has 0 bridgehead atoms. The maximum absolute atomic E-state index is 11.9. The van der Waals surface area contributed by atoms with Crippen molar-refractivity contribution in [2.45, 2.75) is 84.0 Å². The molecular weight excluding hydrogens is 412 g/mol. The lowest BCUT2D eigenvalue weighted by atomic mass is 10.1. The van der Waals surface area contributed by atoms with Crippen molar-refractivity contribution in [1.29, 1.82) is 0 Å². The van der Waals surface area contributed by atoms with Crippen LogP contribution in [0.3, 0.4) is 0 Å². The van der Waals surface area contributed by atoms with Crippen LogP contribution < -0.4 is 15.6 Å². The smallest absolute Gasteiger partial charge is 0.276 e. The molecule has 0 saturated carbocycles. The van der Waals surface area contributed by atoms with Crippen molar-refractivity contribution in [3.05, 3.63) is 54.6 Å². The van der Waals surface area contributed by atoms with Crippen LogP contribution in [-0.4, -0.2) is 18.4 Å². The predicted octanol–water partition coefficient (Wildman–Crippen LogP) is 6.58. The highest BCUT2D eigenvalue weighted by atomic mass is 16.5. The number of nitrogens with one attached hydrogen (secondary N) is 2. The van der Waals surface area contributed by atoms with Gasteiger partial charge in [0.25, 0.3) is 5.91 Å². The van der Waals surface area contributed by atoms with Crippen LogP contribution in [0.2, 0.25) is 0 Å². The van der Waals surface area contributed by atoms with Gasteiger partial charge in [0.1, 0.15) is 5.75 Å². The molecule has 0 aliphatic heterocycles. The Kier molecular flexibility index (Phi) is 13.4. The van der Waals surface area contributed by atoms with Gasteiger partial charge in [-0.1, -0.05) is 114 Å². The summed E-state index contributed by atoms with van der Waals surface area (Å²) in [6.45, 7) is 2.10. The predicted molar refractivity (Wildman–Crippen MR) is 135 cm³/mol. The summed E-state index contributed by atoms with van der Waals surface area (Å²) in [6, 6.07) is 17.6. The standard InChI is InChI=1S/C28H40N2O3/c1-2-3-4-5-6-7-8-9-10-11-15-18-27(31)29-30-28(32)23-33-26-21-19-25(20-22-26)24-16-13-12-14-17-24/h12-14,16-17,19-22H,2-11,15,18,23H2,1H3,(H,29,31)(H,30,32). The summed E-state index contributed by atoms with van der Waals surface area (Å²) in [5.74, 6) is 0.0676. The first kappa shape index (κ1) is 26.4. The molecule has 0 unspecified atom stereocenters. The molecule has 0 spiro atoms. The number of rotatable bonds is 16. The van der Waals surface area contributed by atoms with Gasteiger partial charge in [-0.3, -0.25) is 20.4 Å². The van der Waals surface area contributed by atoms with E-state index in [9.17, 15) is 9.59 Å². The van der Waals surface area contributed by atoms with Crippen molar-refractivity contribution in [1.82, 2.24) is 10.9 Å². The number of ether oxygens (including phenoxy) is 1. The van der Waals surface area contributed by atoms with Gasteiger partial charge in [0.05, 0.1) is 0 Å². The first-order chi connectivity index (χ1) is 16.2. The quantitative estimate of drug-likeness (QED) is 0.223. The van der Waals surface area contributed by atoms with Crippen LogP contribution in [0.25, 0.3) is 11.1 Å². The van der Waals surface area contributed by atoms with E-state index in [1.54, 1.807) is 0 Å². The second-order valence-corrected chi connectivity index (χ2v) is 8.56. The molecule has 5 nitrogen and oxygen atoms in total. The monoisotopic (exact) mass is 452 g/mol. The summed E-state index contributed by atoms with van der Waals surface area (Å²) in [7, 11) is 0. The third-order valence-corrected chi connectivity index (χ3v) is 5.68. The van der Waals surface area contributed by atoms with E-state index in [-0.39, 0.29) is 18.4 Å². The van der Waals surface area contributed by atoms with E-state index in [2.05, 4.69) is 17.8 Å². The third kappa shape index (κ3) is 12.1. The number of hydrogen-bond donors (Lipinski definition) is 2. The lowest BCUT2D eigenvalue weighted by Crippen LogP contribution is -2.43. The summed E-state index contributed by atoms with van der Waals surface area (Å²) in [5.41, 5.74) is 7.09. The summed E-state index contributed by atoms with van der Waals surface area (Å²) < 4.78 is 5.50. The molecule has 0 fully saturated rings. The van der Waals surface area contributed by atoms with Crippen molar-refractivity contribution in [3.63, 3.8) is 0 Å². The van der Waals surface area contributed by atoms with Gasteiger partial charge in [-0.25, -0.2) is 0 Å². The highest BCUT2D eigenvalue weighted by Gasteiger charge is 2.06. The Bertz CT molecular complexity index is 791. The number of unbranched alkanes of at least 4 members (excludes halogenated alkanes) is 10. The maximum atomic E-state index is 11.9. The Morgan fingerprint density at radius 2 is 1.15 bits per heavy atom. The zero-order valence-corrected chi connectivity index (χ0v) is 20.1. The minimum Gasteiger partial charge on any atom is -0.484 e. The summed E-state index contributed by atoms with van der Waals surface area (Å²) in [5, 5.41) is 0. The third-order valence-electron chi connectivity index (χ3n) is 5.68. The second kappa shape index (κ2) is 16.8. The molecule has 33 heavy (non-hydrogen) atoms. The second-order valence-electron chi connectivity index (χ2n) is 8.56. The summed E-state index contributed by atoms with van der Waals surface area (Å²) in [4.78, 5) is 23.8. The molecule has 180 valence electrons. The summed E-state index contributed by atoms with van der Waals surface area (Å²) in [6.07, 6.45) is 14.1. The first-order valence-electron chi connectivity index (χ1n) is 12.5. The molecule has 2 rings (SSSR count). The van der Waals surface area contributed by atoms with Crippen LogP contribution in [0.5, 0.6) is 5.75 Å². The number of hydrogen-bond acceptors (Lipinski definition) is 3. The SMILES string of the molecule is CCCCCCCCCCCCCC(=O)NNC(=O)COc1ccc(-c2ccccc2)cc1. The molecule has 0 heterocycles. The molecule has 0 aliphatic rings. The Balaban J connectivity index is 1.47. The fourth-order valence-corrected chi connectivity index (χ4v) is 3.71. The van der Waals surface area contributed by atoms with Crippen molar-refractivity contribution < 1.29 is 14.3 Å². The van der Waals surface area contributed by atoms with Gasteiger partial charge in [0, 0.05) is 6.42 Å². The van der Waals surface area contributed by atoms with Gasteiger partial charge >= 0.3 is 0 Å². The van der Waals surface area contributed by atoms with Crippen molar-refractivity contribution in [2.24, 2.45) is 0 Å². The topological polar surface area (TPSA) is 67.4 Å². The molecule has 0 atom stereocenters. The van der Waals surface area contributed by atoms with Crippen molar-refractivity contribution in [3.8, 4) is 16.9 Å². The van der Waals surface area contributed by atoms with Crippen LogP contribution in [0.15, 0.2) is 54.6 Å². The summed E-state index contributed by atoms with van der Waals surface area (Å²) >= 11 is 0. The average molecular weight is 453 g/mol.